The Morgan fingerprint density at radius 1 is 1.29 bits per heavy atom. The molecule has 28 heavy (non-hydrogen) atoms. The summed E-state index contributed by atoms with van der Waals surface area (Å²) in [6.07, 6.45) is 1.34. The smallest absolute Gasteiger partial charge is 0.325 e. The number of rotatable bonds is 12. The molecule has 0 radical (unpaired) electrons. The zero-order valence-electron chi connectivity index (χ0n) is 17.1. The van der Waals surface area contributed by atoms with E-state index < -0.39 is 32.9 Å². The van der Waals surface area contributed by atoms with Crippen molar-refractivity contribution >= 4 is 27.8 Å². The van der Waals surface area contributed by atoms with Crippen LogP contribution in [0.2, 0.25) is 0 Å². The van der Waals surface area contributed by atoms with Crippen molar-refractivity contribution in [2.75, 3.05) is 19.5 Å². The van der Waals surface area contributed by atoms with Gasteiger partial charge in [0, 0.05) is 10.5 Å². The van der Waals surface area contributed by atoms with E-state index in [9.17, 15) is 18.3 Å². The molecule has 0 spiro atoms. The molecule has 9 heteroatoms. The van der Waals surface area contributed by atoms with Gasteiger partial charge in [-0.1, -0.05) is 13.3 Å². The number of benzene rings is 1. The first-order chi connectivity index (χ1) is 13.0. The molecule has 2 atom stereocenters. The van der Waals surface area contributed by atoms with Crippen LogP contribution in [0.5, 0.6) is 5.75 Å². The van der Waals surface area contributed by atoms with Crippen molar-refractivity contribution in [3.63, 3.8) is 0 Å². The minimum atomic E-state index is -3.96. The maximum absolute atomic E-state index is 12.8. The number of hydrogen-bond donors (Lipinski definition) is 2. The van der Waals surface area contributed by atoms with Crippen molar-refractivity contribution in [2.24, 2.45) is 0 Å². The Morgan fingerprint density at radius 2 is 1.89 bits per heavy atom. The van der Waals surface area contributed by atoms with Gasteiger partial charge < -0.3 is 14.6 Å². The zero-order valence-corrected chi connectivity index (χ0v) is 18.7. The highest BCUT2D eigenvalue weighted by atomic mass is 32.2. The minimum Gasteiger partial charge on any atom is -0.494 e. The molecule has 0 aromatic heterocycles. The number of ether oxygens (including phenoxy) is 2. The summed E-state index contributed by atoms with van der Waals surface area (Å²) >= 11 is 1.29. The number of esters is 1. The van der Waals surface area contributed by atoms with Crippen molar-refractivity contribution in [3.8, 4) is 5.75 Å². The van der Waals surface area contributed by atoms with Crippen LogP contribution < -0.4 is 9.46 Å². The highest BCUT2D eigenvalue weighted by Gasteiger charge is 2.40. The minimum absolute atomic E-state index is 0.0283. The highest BCUT2D eigenvalue weighted by Crippen LogP contribution is 2.30. The first-order valence-corrected chi connectivity index (χ1v) is 11.7. The summed E-state index contributed by atoms with van der Waals surface area (Å²) in [5.41, 5.74) is 0. The van der Waals surface area contributed by atoms with Gasteiger partial charge in [-0.15, -0.1) is 0 Å². The number of aliphatic hydroxyl groups excluding tert-OH is 1. The summed E-state index contributed by atoms with van der Waals surface area (Å²) in [6, 6.07) is 4.93. The standard InChI is InChI=1S/C19H31NO6S2/c1-6-7-12-26-15-8-10-16(11-9-15)28(23,24)20-17(18(22)25-5)19(3,4)27-13-14(2)21/h8-11,14,17,20-21H,6-7,12-13H2,1-5H3/t14?,17-/m0/s1. The molecule has 1 unspecified atom stereocenters. The van der Waals surface area contributed by atoms with Crippen molar-refractivity contribution in [2.45, 2.75) is 62.3 Å². The Morgan fingerprint density at radius 3 is 2.39 bits per heavy atom. The van der Waals surface area contributed by atoms with Crippen LogP contribution in [0.3, 0.4) is 0 Å². The van der Waals surface area contributed by atoms with E-state index in [1.807, 2.05) is 0 Å². The van der Waals surface area contributed by atoms with Gasteiger partial charge in [0.05, 0.1) is 24.7 Å². The van der Waals surface area contributed by atoms with E-state index in [1.54, 1.807) is 32.9 Å². The van der Waals surface area contributed by atoms with Crippen LogP contribution in [0, 0.1) is 0 Å². The van der Waals surface area contributed by atoms with E-state index in [2.05, 4.69) is 11.6 Å². The lowest BCUT2D eigenvalue weighted by Crippen LogP contribution is -2.53. The number of hydrogen-bond acceptors (Lipinski definition) is 7. The Hall–Kier alpha value is -1.29. The van der Waals surface area contributed by atoms with Gasteiger partial charge in [-0.25, -0.2) is 8.42 Å². The molecule has 0 saturated carbocycles. The molecule has 0 amide bonds. The largest absolute Gasteiger partial charge is 0.494 e. The highest BCUT2D eigenvalue weighted by molar-refractivity contribution is 8.00. The maximum Gasteiger partial charge on any atom is 0.325 e. The van der Waals surface area contributed by atoms with Crippen molar-refractivity contribution in [1.82, 2.24) is 4.72 Å². The molecule has 0 aliphatic rings. The van der Waals surface area contributed by atoms with E-state index >= 15 is 0 Å². The van der Waals surface area contributed by atoms with Crippen LogP contribution in [0.4, 0.5) is 0 Å². The maximum atomic E-state index is 12.8. The molecule has 7 nitrogen and oxygen atoms in total. The van der Waals surface area contributed by atoms with Gasteiger partial charge in [-0.05, 0) is 51.5 Å². The first-order valence-electron chi connectivity index (χ1n) is 9.18. The van der Waals surface area contributed by atoms with Crippen molar-refractivity contribution in [1.29, 1.82) is 0 Å². The number of aliphatic hydroxyl groups is 1. The van der Waals surface area contributed by atoms with Gasteiger partial charge in [0.25, 0.3) is 0 Å². The molecular weight excluding hydrogens is 402 g/mol. The Bertz CT molecular complexity index is 716. The molecular formula is C19H31NO6S2. The van der Waals surface area contributed by atoms with Gasteiger partial charge in [0.2, 0.25) is 10.0 Å². The van der Waals surface area contributed by atoms with E-state index in [1.165, 1.54) is 31.0 Å². The lowest BCUT2D eigenvalue weighted by atomic mass is 10.0. The topological polar surface area (TPSA) is 102 Å². The molecule has 0 heterocycles. The van der Waals surface area contributed by atoms with Crippen molar-refractivity contribution < 1.29 is 27.8 Å². The zero-order chi connectivity index (χ0) is 21.4. The lowest BCUT2D eigenvalue weighted by Gasteiger charge is -2.32. The fourth-order valence-corrected chi connectivity index (χ4v) is 4.68. The van der Waals surface area contributed by atoms with Crippen molar-refractivity contribution in [3.05, 3.63) is 24.3 Å². The van der Waals surface area contributed by atoms with Crippen LogP contribution in [0.1, 0.15) is 40.5 Å². The number of sulfonamides is 1. The molecule has 0 saturated heterocycles. The first kappa shape index (κ1) is 24.7. The third kappa shape index (κ3) is 7.62. The Kier molecular flexibility index (Phi) is 9.76. The monoisotopic (exact) mass is 433 g/mol. The molecule has 1 rings (SSSR count). The second-order valence-corrected chi connectivity index (χ2v) is 10.4. The number of carbonyl (C=O) groups excluding carboxylic acids is 1. The Balaban J connectivity index is 2.98. The molecule has 160 valence electrons. The summed E-state index contributed by atoms with van der Waals surface area (Å²) in [5, 5.41) is 9.52. The fourth-order valence-electron chi connectivity index (χ4n) is 2.28. The quantitative estimate of drug-likeness (QED) is 0.386. The molecule has 0 aliphatic heterocycles. The van der Waals surface area contributed by atoms with Crippen LogP contribution in [0.15, 0.2) is 29.2 Å². The normalized spacial score (nSPS) is 14.4. The molecule has 1 aromatic carbocycles. The number of nitrogens with one attached hydrogen (secondary N) is 1. The molecule has 0 aliphatic carbocycles. The number of carbonyl (C=O) groups is 1. The third-order valence-electron chi connectivity index (χ3n) is 4.00. The van der Waals surface area contributed by atoms with Crippen LogP contribution in [0.25, 0.3) is 0 Å². The number of thioether (sulfide) groups is 1. The summed E-state index contributed by atoms with van der Waals surface area (Å²) in [4.78, 5) is 12.3. The SMILES string of the molecule is CCCCOc1ccc(S(=O)(=O)N[C@@H](C(=O)OC)C(C)(C)SCC(C)O)cc1. The number of methoxy groups -OCH3 is 1. The Labute approximate surface area is 172 Å². The van der Waals surface area contributed by atoms with E-state index in [0.717, 1.165) is 12.8 Å². The summed E-state index contributed by atoms with van der Waals surface area (Å²) in [7, 11) is -2.75. The predicted octanol–water partition coefficient (Wildman–Crippen LogP) is 2.58. The summed E-state index contributed by atoms with van der Waals surface area (Å²) in [6.45, 7) is 7.72. The van der Waals surface area contributed by atoms with Gasteiger partial charge >= 0.3 is 5.97 Å². The van der Waals surface area contributed by atoms with Crippen LogP contribution in [-0.2, 0) is 19.6 Å². The molecule has 0 bridgehead atoms. The second kappa shape index (κ2) is 11.0. The van der Waals surface area contributed by atoms with Crippen LogP contribution in [-0.4, -0.2) is 55.9 Å². The molecule has 1 aromatic rings. The van der Waals surface area contributed by atoms with E-state index in [0.29, 0.717) is 18.1 Å². The van der Waals surface area contributed by atoms with Crippen LogP contribution >= 0.6 is 11.8 Å². The third-order valence-corrected chi connectivity index (χ3v) is 7.07. The van der Waals surface area contributed by atoms with Gasteiger partial charge in [0.15, 0.2) is 0 Å². The molecule has 0 fully saturated rings. The van der Waals surface area contributed by atoms with Gasteiger partial charge in [-0.2, -0.15) is 16.5 Å². The summed E-state index contributed by atoms with van der Waals surface area (Å²) < 4.78 is 37.6. The fraction of sp³-hybridized carbons (Fsp3) is 0.632. The second-order valence-electron chi connectivity index (χ2n) is 7.01. The van der Waals surface area contributed by atoms with Gasteiger partial charge in [0.1, 0.15) is 11.8 Å². The predicted molar refractivity (Wildman–Crippen MR) is 111 cm³/mol. The summed E-state index contributed by atoms with van der Waals surface area (Å²) in [5.74, 6) is 0.252. The number of unbranched alkanes of at least 4 members (excludes halogenated alkanes) is 1. The van der Waals surface area contributed by atoms with E-state index in [-0.39, 0.29) is 4.90 Å². The van der Waals surface area contributed by atoms with Gasteiger partial charge in [-0.3, -0.25) is 4.79 Å². The average molecular weight is 434 g/mol. The average Bonchev–Trinajstić information content (AvgIpc) is 2.64. The molecule has 2 N–H and O–H groups in total. The lowest BCUT2D eigenvalue weighted by molar-refractivity contribution is -0.143. The van der Waals surface area contributed by atoms with E-state index in [4.69, 9.17) is 9.47 Å².